The minimum absolute atomic E-state index is 0.0209. The lowest BCUT2D eigenvalue weighted by Crippen LogP contribution is -2.21. The predicted molar refractivity (Wildman–Crippen MR) is 70.2 cm³/mol. The number of hydrogen-bond donors (Lipinski definition) is 0. The lowest BCUT2D eigenvalue weighted by molar-refractivity contribution is 0.368. The molecule has 0 amide bonds. The number of rotatable bonds is 5. The van der Waals surface area contributed by atoms with E-state index in [9.17, 15) is 0 Å². The molecule has 0 saturated heterocycles. The minimum atomic E-state index is 0.0209. The number of hydrogen-bond acceptors (Lipinski definition) is 2. The number of methoxy groups -OCH3 is 1. The third-order valence-electron chi connectivity index (χ3n) is 3.57. The molecule has 0 aliphatic carbocycles. The molecule has 1 aromatic rings. The maximum Gasteiger partial charge on any atom is 0.122 e. The highest BCUT2D eigenvalue weighted by Crippen LogP contribution is 2.38. The Morgan fingerprint density at radius 3 is 2.65 bits per heavy atom. The van der Waals surface area contributed by atoms with Crippen LogP contribution in [0.5, 0.6) is 5.75 Å². The van der Waals surface area contributed by atoms with Gasteiger partial charge in [0.2, 0.25) is 0 Å². The molecular weight excluding hydrogens is 210 g/mol. The third-order valence-corrected chi connectivity index (χ3v) is 3.57. The van der Waals surface area contributed by atoms with Gasteiger partial charge in [0, 0.05) is 12.0 Å². The molecule has 0 saturated carbocycles. The number of ether oxygens (including phenoxy) is 1. The second kappa shape index (κ2) is 5.72. The molecule has 0 heterocycles. The molecule has 2 nitrogen and oxygen atoms in total. The fourth-order valence-corrected chi connectivity index (χ4v) is 2.13. The van der Waals surface area contributed by atoms with Gasteiger partial charge in [-0.25, -0.2) is 0 Å². The Morgan fingerprint density at radius 1 is 1.41 bits per heavy atom. The van der Waals surface area contributed by atoms with Crippen molar-refractivity contribution in [3.05, 3.63) is 29.3 Å². The molecule has 2 heteroatoms. The Balaban J connectivity index is 3.18. The van der Waals surface area contributed by atoms with Crippen LogP contribution in [0.2, 0.25) is 0 Å². The van der Waals surface area contributed by atoms with Crippen molar-refractivity contribution in [3.63, 3.8) is 0 Å². The Morgan fingerprint density at radius 2 is 2.12 bits per heavy atom. The van der Waals surface area contributed by atoms with Gasteiger partial charge in [0.1, 0.15) is 5.75 Å². The molecule has 0 fully saturated rings. The molecular formula is C15H21NO. The van der Waals surface area contributed by atoms with Crippen molar-refractivity contribution in [1.82, 2.24) is 0 Å². The summed E-state index contributed by atoms with van der Waals surface area (Å²) >= 11 is 0. The molecule has 1 unspecified atom stereocenters. The van der Waals surface area contributed by atoms with Crippen molar-refractivity contribution in [2.24, 2.45) is 0 Å². The lowest BCUT2D eigenvalue weighted by atomic mass is 9.75. The second-order valence-corrected chi connectivity index (χ2v) is 4.78. The highest BCUT2D eigenvalue weighted by Gasteiger charge is 2.27. The van der Waals surface area contributed by atoms with Crippen molar-refractivity contribution in [2.45, 2.75) is 45.4 Å². The van der Waals surface area contributed by atoms with Crippen LogP contribution in [0.25, 0.3) is 0 Å². The van der Waals surface area contributed by atoms with Crippen LogP contribution in [0.15, 0.2) is 18.2 Å². The minimum Gasteiger partial charge on any atom is -0.496 e. The third kappa shape index (κ3) is 3.00. The topological polar surface area (TPSA) is 33.0 Å². The summed E-state index contributed by atoms with van der Waals surface area (Å²) in [5.41, 5.74) is 2.47. The van der Waals surface area contributed by atoms with E-state index in [2.05, 4.69) is 39.0 Å². The summed E-state index contributed by atoms with van der Waals surface area (Å²) in [4.78, 5) is 0. The number of nitriles is 1. The first-order valence-corrected chi connectivity index (χ1v) is 6.09. The Labute approximate surface area is 104 Å². The lowest BCUT2D eigenvalue weighted by Gasteiger charge is -2.30. The van der Waals surface area contributed by atoms with Gasteiger partial charge in [-0.3, -0.25) is 0 Å². The molecule has 1 aromatic carbocycles. The average Bonchev–Trinajstić information content (AvgIpc) is 2.36. The van der Waals surface area contributed by atoms with Gasteiger partial charge in [0.15, 0.2) is 0 Å². The zero-order valence-electron chi connectivity index (χ0n) is 11.2. The van der Waals surface area contributed by atoms with Gasteiger partial charge in [-0.15, -0.1) is 0 Å². The second-order valence-electron chi connectivity index (χ2n) is 4.78. The maximum atomic E-state index is 8.77. The van der Waals surface area contributed by atoms with Gasteiger partial charge in [0.05, 0.1) is 13.2 Å². The van der Waals surface area contributed by atoms with E-state index in [0.717, 1.165) is 18.6 Å². The van der Waals surface area contributed by atoms with Crippen molar-refractivity contribution in [2.75, 3.05) is 7.11 Å². The van der Waals surface area contributed by atoms with E-state index in [1.165, 1.54) is 11.1 Å². The molecule has 1 atom stereocenters. The van der Waals surface area contributed by atoms with Gasteiger partial charge in [-0.05, 0) is 31.2 Å². The van der Waals surface area contributed by atoms with Gasteiger partial charge < -0.3 is 4.74 Å². The Kier molecular flexibility index (Phi) is 4.57. The SMILES string of the molecule is CCC(C)(CCC#N)c1cc(C)ccc1OC. The molecule has 1 rings (SSSR count). The van der Waals surface area contributed by atoms with Crippen molar-refractivity contribution < 1.29 is 4.74 Å². The first kappa shape index (κ1) is 13.6. The highest BCUT2D eigenvalue weighted by molar-refractivity contribution is 5.42. The maximum absolute atomic E-state index is 8.77. The first-order chi connectivity index (χ1) is 8.07. The monoisotopic (exact) mass is 231 g/mol. The van der Waals surface area contributed by atoms with Crippen molar-refractivity contribution >= 4 is 0 Å². The van der Waals surface area contributed by atoms with Crippen LogP contribution in [0.4, 0.5) is 0 Å². The summed E-state index contributed by atoms with van der Waals surface area (Å²) in [5, 5.41) is 8.77. The summed E-state index contributed by atoms with van der Waals surface area (Å²) in [5.74, 6) is 0.929. The summed E-state index contributed by atoms with van der Waals surface area (Å²) in [7, 11) is 1.70. The van der Waals surface area contributed by atoms with E-state index >= 15 is 0 Å². The van der Waals surface area contributed by atoms with Gasteiger partial charge in [-0.2, -0.15) is 5.26 Å². The standard InChI is InChI=1S/C15H21NO/c1-5-15(3,9-6-10-16)13-11-12(2)7-8-14(13)17-4/h7-8,11H,5-6,9H2,1-4H3. The molecule has 0 bridgehead atoms. The molecule has 0 aromatic heterocycles. The van der Waals surface area contributed by atoms with Crippen LogP contribution >= 0.6 is 0 Å². The molecule has 92 valence electrons. The summed E-state index contributed by atoms with van der Waals surface area (Å²) in [6, 6.07) is 8.50. The molecule has 0 radical (unpaired) electrons. The van der Waals surface area contributed by atoms with Crippen LogP contribution in [-0.2, 0) is 5.41 Å². The first-order valence-electron chi connectivity index (χ1n) is 6.09. The predicted octanol–water partition coefficient (Wildman–Crippen LogP) is 3.98. The van der Waals surface area contributed by atoms with E-state index < -0.39 is 0 Å². The molecule has 0 spiro atoms. The van der Waals surface area contributed by atoms with E-state index in [1.807, 2.05) is 6.07 Å². The average molecular weight is 231 g/mol. The van der Waals surface area contributed by atoms with E-state index in [-0.39, 0.29) is 5.41 Å². The normalized spacial score (nSPS) is 13.8. The molecule has 0 aliphatic rings. The van der Waals surface area contributed by atoms with Gasteiger partial charge in [-0.1, -0.05) is 31.5 Å². The smallest absolute Gasteiger partial charge is 0.122 e. The fraction of sp³-hybridized carbons (Fsp3) is 0.533. The van der Waals surface area contributed by atoms with Crippen molar-refractivity contribution in [1.29, 1.82) is 5.26 Å². The molecule has 0 N–H and O–H groups in total. The highest BCUT2D eigenvalue weighted by atomic mass is 16.5. The van der Waals surface area contributed by atoms with Crippen LogP contribution < -0.4 is 4.74 Å². The Bertz CT molecular complexity index is 419. The zero-order valence-corrected chi connectivity index (χ0v) is 11.2. The Hall–Kier alpha value is -1.49. The fourth-order valence-electron chi connectivity index (χ4n) is 2.13. The molecule has 0 aliphatic heterocycles. The van der Waals surface area contributed by atoms with Crippen LogP contribution in [0, 0.1) is 18.3 Å². The van der Waals surface area contributed by atoms with E-state index in [1.54, 1.807) is 7.11 Å². The number of nitrogens with zero attached hydrogens (tertiary/aromatic N) is 1. The van der Waals surface area contributed by atoms with Crippen molar-refractivity contribution in [3.8, 4) is 11.8 Å². The van der Waals surface area contributed by atoms with Crippen LogP contribution in [0.3, 0.4) is 0 Å². The van der Waals surface area contributed by atoms with E-state index in [0.29, 0.717) is 6.42 Å². The number of benzene rings is 1. The molecule has 17 heavy (non-hydrogen) atoms. The van der Waals surface area contributed by atoms with Gasteiger partial charge >= 0.3 is 0 Å². The van der Waals surface area contributed by atoms with E-state index in [4.69, 9.17) is 10.00 Å². The number of aryl methyl sites for hydroxylation is 1. The largest absolute Gasteiger partial charge is 0.496 e. The van der Waals surface area contributed by atoms with Crippen LogP contribution in [-0.4, -0.2) is 7.11 Å². The summed E-state index contributed by atoms with van der Waals surface area (Å²) in [6.07, 6.45) is 2.47. The summed E-state index contributed by atoms with van der Waals surface area (Å²) < 4.78 is 5.45. The van der Waals surface area contributed by atoms with Crippen LogP contribution in [0.1, 0.15) is 44.2 Å². The quantitative estimate of drug-likeness (QED) is 0.768. The van der Waals surface area contributed by atoms with Gasteiger partial charge in [0.25, 0.3) is 0 Å². The zero-order chi connectivity index (χ0) is 12.9. The summed E-state index contributed by atoms with van der Waals surface area (Å²) in [6.45, 7) is 6.46.